The van der Waals surface area contributed by atoms with Crippen LogP contribution >= 0.6 is 0 Å². The van der Waals surface area contributed by atoms with Crippen LogP contribution < -0.4 is 5.32 Å². The van der Waals surface area contributed by atoms with Crippen molar-refractivity contribution in [1.82, 2.24) is 10.2 Å². The summed E-state index contributed by atoms with van der Waals surface area (Å²) < 4.78 is 0. The van der Waals surface area contributed by atoms with Gasteiger partial charge in [0, 0.05) is 12.6 Å². The lowest BCUT2D eigenvalue weighted by Crippen LogP contribution is -2.43. The Bertz CT molecular complexity index is 162. The zero-order valence-corrected chi connectivity index (χ0v) is 10.9. The summed E-state index contributed by atoms with van der Waals surface area (Å²) in [6, 6.07) is 0.719. The van der Waals surface area contributed by atoms with Crippen LogP contribution in [0, 0.1) is 11.8 Å². The summed E-state index contributed by atoms with van der Waals surface area (Å²) in [6.45, 7) is 14.2. The van der Waals surface area contributed by atoms with Crippen molar-refractivity contribution in [2.45, 2.75) is 46.6 Å². The van der Waals surface area contributed by atoms with E-state index in [1.807, 2.05) is 0 Å². The molecule has 0 aromatic carbocycles. The second-order valence-electron chi connectivity index (χ2n) is 5.28. The van der Waals surface area contributed by atoms with Crippen molar-refractivity contribution in [3.05, 3.63) is 0 Å². The topological polar surface area (TPSA) is 15.3 Å². The van der Waals surface area contributed by atoms with Crippen LogP contribution in [0.2, 0.25) is 0 Å². The maximum Gasteiger partial charge on any atom is 0.00899 e. The summed E-state index contributed by atoms with van der Waals surface area (Å²) in [5, 5.41) is 3.51. The first-order valence-electron chi connectivity index (χ1n) is 6.59. The maximum atomic E-state index is 3.51. The van der Waals surface area contributed by atoms with E-state index in [2.05, 4.69) is 37.9 Å². The Labute approximate surface area is 95.4 Å². The molecule has 1 aliphatic heterocycles. The highest BCUT2D eigenvalue weighted by molar-refractivity contribution is 4.76. The first-order valence-corrected chi connectivity index (χ1v) is 6.59. The van der Waals surface area contributed by atoms with Gasteiger partial charge in [-0.1, -0.05) is 20.8 Å². The van der Waals surface area contributed by atoms with Crippen molar-refractivity contribution in [1.29, 1.82) is 0 Å². The van der Waals surface area contributed by atoms with Crippen LogP contribution in [0.4, 0.5) is 0 Å². The fraction of sp³-hybridized carbons (Fsp3) is 1.00. The van der Waals surface area contributed by atoms with E-state index in [4.69, 9.17) is 0 Å². The van der Waals surface area contributed by atoms with Crippen LogP contribution in [0.15, 0.2) is 0 Å². The van der Waals surface area contributed by atoms with Gasteiger partial charge < -0.3 is 10.2 Å². The summed E-state index contributed by atoms with van der Waals surface area (Å²) >= 11 is 0. The molecule has 2 heteroatoms. The lowest BCUT2D eigenvalue weighted by molar-refractivity contribution is 0.140. The third kappa shape index (κ3) is 4.12. The smallest absolute Gasteiger partial charge is 0.00899 e. The Balaban J connectivity index is 2.37. The van der Waals surface area contributed by atoms with E-state index in [-0.39, 0.29) is 0 Å². The first-order chi connectivity index (χ1) is 7.15. The zero-order valence-electron chi connectivity index (χ0n) is 10.9. The highest BCUT2D eigenvalue weighted by Gasteiger charge is 2.20. The predicted molar refractivity (Wildman–Crippen MR) is 67.1 cm³/mol. The van der Waals surface area contributed by atoms with Gasteiger partial charge in [0.05, 0.1) is 0 Å². The average Bonchev–Trinajstić information content (AvgIpc) is 2.26. The molecule has 0 amide bonds. The van der Waals surface area contributed by atoms with Crippen LogP contribution in [-0.4, -0.2) is 37.1 Å². The molecule has 1 saturated heterocycles. The van der Waals surface area contributed by atoms with Gasteiger partial charge in [0.2, 0.25) is 0 Å². The van der Waals surface area contributed by atoms with Crippen LogP contribution in [0.25, 0.3) is 0 Å². The summed E-state index contributed by atoms with van der Waals surface area (Å²) in [5.41, 5.74) is 0. The SMILES string of the molecule is CCN(CC1CCCNC1)C(C)C(C)C. The van der Waals surface area contributed by atoms with Crippen molar-refractivity contribution < 1.29 is 0 Å². The lowest BCUT2D eigenvalue weighted by atomic mass is 9.96. The van der Waals surface area contributed by atoms with Gasteiger partial charge in [0.15, 0.2) is 0 Å². The minimum atomic E-state index is 0.719. The van der Waals surface area contributed by atoms with Crippen LogP contribution in [0.1, 0.15) is 40.5 Å². The van der Waals surface area contributed by atoms with E-state index in [0.717, 1.165) is 17.9 Å². The molecule has 0 spiro atoms. The fourth-order valence-electron chi connectivity index (χ4n) is 2.42. The molecule has 0 radical (unpaired) electrons. The van der Waals surface area contributed by atoms with Gasteiger partial charge in [-0.25, -0.2) is 0 Å². The van der Waals surface area contributed by atoms with Crippen molar-refractivity contribution in [2.24, 2.45) is 11.8 Å². The molecule has 1 fully saturated rings. The van der Waals surface area contributed by atoms with Crippen molar-refractivity contribution in [3.63, 3.8) is 0 Å². The van der Waals surface area contributed by atoms with Gasteiger partial charge in [-0.05, 0) is 51.2 Å². The van der Waals surface area contributed by atoms with E-state index in [1.165, 1.54) is 39.0 Å². The van der Waals surface area contributed by atoms with E-state index in [9.17, 15) is 0 Å². The molecule has 0 saturated carbocycles. The Morgan fingerprint density at radius 1 is 1.33 bits per heavy atom. The van der Waals surface area contributed by atoms with E-state index < -0.39 is 0 Å². The molecule has 1 aliphatic rings. The predicted octanol–water partition coefficient (Wildman–Crippen LogP) is 2.35. The molecule has 2 atom stereocenters. The minimum Gasteiger partial charge on any atom is -0.316 e. The Hall–Kier alpha value is -0.0800. The third-order valence-corrected chi connectivity index (χ3v) is 3.84. The number of hydrogen-bond acceptors (Lipinski definition) is 2. The van der Waals surface area contributed by atoms with Gasteiger partial charge in [0.25, 0.3) is 0 Å². The van der Waals surface area contributed by atoms with Crippen molar-refractivity contribution >= 4 is 0 Å². The second kappa shape index (κ2) is 6.49. The molecular weight excluding hydrogens is 184 g/mol. The molecule has 0 aromatic rings. The molecule has 1 N–H and O–H groups in total. The second-order valence-corrected chi connectivity index (χ2v) is 5.28. The third-order valence-electron chi connectivity index (χ3n) is 3.84. The Morgan fingerprint density at radius 2 is 2.07 bits per heavy atom. The Morgan fingerprint density at radius 3 is 2.53 bits per heavy atom. The van der Waals surface area contributed by atoms with Gasteiger partial charge in [-0.3, -0.25) is 0 Å². The maximum absolute atomic E-state index is 3.51. The van der Waals surface area contributed by atoms with Crippen molar-refractivity contribution in [3.8, 4) is 0 Å². The Kier molecular flexibility index (Phi) is 5.62. The monoisotopic (exact) mass is 212 g/mol. The van der Waals surface area contributed by atoms with Gasteiger partial charge in [-0.15, -0.1) is 0 Å². The highest BCUT2D eigenvalue weighted by Crippen LogP contribution is 2.16. The molecule has 0 aromatic heterocycles. The number of piperidine rings is 1. The minimum absolute atomic E-state index is 0.719. The molecule has 90 valence electrons. The summed E-state index contributed by atoms with van der Waals surface area (Å²) in [7, 11) is 0. The summed E-state index contributed by atoms with van der Waals surface area (Å²) in [4.78, 5) is 2.64. The zero-order chi connectivity index (χ0) is 11.3. The number of nitrogens with one attached hydrogen (secondary N) is 1. The first kappa shape index (κ1) is 13.0. The molecular formula is C13H28N2. The van der Waals surface area contributed by atoms with Gasteiger partial charge in [0.1, 0.15) is 0 Å². The molecule has 2 nitrogen and oxygen atoms in total. The highest BCUT2D eigenvalue weighted by atomic mass is 15.2. The molecule has 0 bridgehead atoms. The fourth-order valence-corrected chi connectivity index (χ4v) is 2.42. The lowest BCUT2D eigenvalue weighted by Gasteiger charge is -2.35. The summed E-state index contributed by atoms with van der Waals surface area (Å²) in [5.74, 6) is 1.64. The molecule has 2 unspecified atom stereocenters. The molecule has 0 aliphatic carbocycles. The van der Waals surface area contributed by atoms with Crippen molar-refractivity contribution in [2.75, 3.05) is 26.2 Å². The summed E-state index contributed by atoms with van der Waals surface area (Å²) in [6.07, 6.45) is 2.77. The van der Waals surface area contributed by atoms with Crippen LogP contribution in [0.3, 0.4) is 0 Å². The van der Waals surface area contributed by atoms with E-state index in [1.54, 1.807) is 0 Å². The van der Waals surface area contributed by atoms with Crippen LogP contribution in [-0.2, 0) is 0 Å². The molecule has 15 heavy (non-hydrogen) atoms. The standard InChI is InChI=1S/C13H28N2/c1-5-15(12(4)11(2)3)10-13-7-6-8-14-9-13/h11-14H,5-10H2,1-4H3. The quantitative estimate of drug-likeness (QED) is 0.752. The average molecular weight is 212 g/mol. The normalized spacial score (nSPS) is 24.8. The number of rotatable bonds is 5. The number of nitrogens with zero attached hydrogens (tertiary/aromatic N) is 1. The molecule has 1 heterocycles. The largest absolute Gasteiger partial charge is 0.316 e. The number of hydrogen-bond donors (Lipinski definition) is 1. The molecule has 1 rings (SSSR count). The van der Waals surface area contributed by atoms with E-state index >= 15 is 0 Å². The van der Waals surface area contributed by atoms with E-state index in [0.29, 0.717) is 0 Å². The van der Waals surface area contributed by atoms with Crippen LogP contribution in [0.5, 0.6) is 0 Å². The van der Waals surface area contributed by atoms with Gasteiger partial charge >= 0.3 is 0 Å². The van der Waals surface area contributed by atoms with Gasteiger partial charge in [-0.2, -0.15) is 0 Å².